The van der Waals surface area contributed by atoms with E-state index in [0.717, 1.165) is 0 Å². The molecule has 0 fully saturated rings. The quantitative estimate of drug-likeness (QED) is 0.690. The monoisotopic (exact) mass is 388 g/mol. The number of nitrogens with zero attached hydrogens (tertiary/aromatic N) is 4. The van der Waals surface area contributed by atoms with E-state index in [2.05, 4.69) is 10.4 Å². The van der Waals surface area contributed by atoms with E-state index in [0.29, 0.717) is 21.5 Å². The molecule has 2 heterocycles. The van der Waals surface area contributed by atoms with Gasteiger partial charge < -0.3 is 5.32 Å². The van der Waals surface area contributed by atoms with Crippen molar-refractivity contribution in [2.75, 3.05) is 5.32 Å². The number of hydrogen-bond donors (Lipinski definition) is 2. The van der Waals surface area contributed by atoms with Crippen molar-refractivity contribution in [2.24, 2.45) is 0 Å². The third kappa shape index (κ3) is 3.94. The van der Waals surface area contributed by atoms with Crippen molar-refractivity contribution in [3.8, 4) is 11.8 Å². The molecule has 27 heavy (non-hydrogen) atoms. The number of hydrogen-bond acceptors (Lipinski definition) is 5. The molecule has 1 aromatic carbocycles. The number of halogens is 2. The molecule has 0 atom stereocenters. The zero-order valence-corrected chi connectivity index (χ0v) is 14.2. The average Bonchev–Trinajstić information content (AvgIpc) is 3.02. The normalized spacial score (nSPS) is 10.4. The number of nitrogens with one attached hydrogen (secondary N) is 2. The van der Waals surface area contributed by atoms with E-state index in [9.17, 15) is 18.8 Å². The van der Waals surface area contributed by atoms with Crippen molar-refractivity contribution in [2.45, 2.75) is 6.54 Å². The average molecular weight is 389 g/mol. The van der Waals surface area contributed by atoms with Gasteiger partial charge in [0.25, 0.3) is 5.56 Å². The molecule has 0 radical (unpaired) electrons. The summed E-state index contributed by atoms with van der Waals surface area (Å²) in [6.45, 7) is -0.560. The van der Waals surface area contributed by atoms with Gasteiger partial charge in [-0.15, -0.1) is 0 Å². The van der Waals surface area contributed by atoms with Gasteiger partial charge in [0, 0.05) is 11.1 Å². The van der Waals surface area contributed by atoms with E-state index in [-0.39, 0.29) is 11.5 Å². The van der Waals surface area contributed by atoms with Crippen LogP contribution >= 0.6 is 11.6 Å². The van der Waals surface area contributed by atoms with Gasteiger partial charge in [-0.25, -0.2) is 9.48 Å². The van der Waals surface area contributed by atoms with E-state index in [4.69, 9.17) is 16.9 Å². The molecule has 136 valence electrons. The van der Waals surface area contributed by atoms with Gasteiger partial charge in [-0.2, -0.15) is 14.8 Å². The van der Waals surface area contributed by atoms with Crippen LogP contribution in [0.15, 0.2) is 46.1 Å². The van der Waals surface area contributed by atoms with Gasteiger partial charge in [-0.1, -0.05) is 17.7 Å². The molecule has 0 aliphatic carbocycles. The number of nitriles is 1. The lowest BCUT2D eigenvalue weighted by Gasteiger charge is -2.10. The minimum atomic E-state index is -1.20. The molecular formula is C16H10ClFN6O3. The number of benzene rings is 1. The lowest BCUT2D eigenvalue weighted by Crippen LogP contribution is -2.34. The summed E-state index contributed by atoms with van der Waals surface area (Å²) in [5, 5.41) is 16.0. The topological polar surface area (TPSA) is 126 Å². The van der Waals surface area contributed by atoms with Gasteiger partial charge in [0.2, 0.25) is 11.7 Å². The predicted molar refractivity (Wildman–Crippen MR) is 93.2 cm³/mol. The Morgan fingerprint density at radius 1 is 1.37 bits per heavy atom. The van der Waals surface area contributed by atoms with Crippen LogP contribution in [0.4, 0.5) is 10.2 Å². The zero-order valence-electron chi connectivity index (χ0n) is 13.4. The Labute approximate surface area is 155 Å². The highest BCUT2D eigenvalue weighted by Crippen LogP contribution is 2.20. The second kappa shape index (κ2) is 7.27. The Balaban J connectivity index is 1.90. The van der Waals surface area contributed by atoms with Gasteiger partial charge in [0.05, 0.1) is 11.9 Å². The molecule has 2 aromatic heterocycles. The van der Waals surface area contributed by atoms with Gasteiger partial charge in [0.15, 0.2) is 5.69 Å². The maximum atomic E-state index is 13.3. The SMILES string of the molecule is N#Cc1cc(NC(=O)Cn2cc(F)c(=O)[nH]c2=O)n(-c2cccc(Cl)c2)n1. The highest BCUT2D eigenvalue weighted by molar-refractivity contribution is 6.30. The number of carbonyl (C=O) groups is 1. The number of H-pyrrole nitrogens is 1. The summed E-state index contributed by atoms with van der Waals surface area (Å²) in [5.41, 5.74) is -1.57. The van der Waals surface area contributed by atoms with Gasteiger partial charge in [-0.05, 0) is 18.2 Å². The largest absolute Gasteiger partial charge is 0.328 e. The molecule has 0 spiro atoms. The minimum absolute atomic E-state index is 0.0394. The van der Waals surface area contributed by atoms with E-state index in [1.165, 1.54) is 10.7 Å². The number of rotatable bonds is 4. The molecule has 2 N–H and O–H groups in total. The van der Waals surface area contributed by atoms with Crippen molar-refractivity contribution in [3.05, 3.63) is 73.9 Å². The maximum Gasteiger partial charge on any atom is 0.328 e. The lowest BCUT2D eigenvalue weighted by molar-refractivity contribution is -0.116. The lowest BCUT2D eigenvalue weighted by atomic mass is 10.3. The van der Waals surface area contributed by atoms with E-state index >= 15 is 0 Å². The standard InChI is InChI=1S/C16H10ClFN6O3/c17-9-2-1-3-11(4-9)24-13(5-10(6-19)22-24)20-14(25)8-23-7-12(18)15(26)21-16(23)27/h1-5,7H,8H2,(H,20,25)(H,21,26,27). The summed E-state index contributed by atoms with van der Waals surface area (Å²) >= 11 is 5.95. The molecule has 3 rings (SSSR count). The molecule has 0 aliphatic heterocycles. The van der Waals surface area contributed by atoms with Crippen LogP contribution in [0.1, 0.15) is 5.69 Å². The second-order valence-corrected chi connectivity index (χ2v) is 5.77. The molecule has 0 aliphatic rings. The molecule has 1 amide bonds. The summed E-state index contributed by atoms with van der Waals surface area (Å²) in [7, 11) is 0. The third-order valence-corrected chi connectivity index (χ3v) is 3.66. The molecule has 0 saturated heterocycles. The fourth-order valence-corrected chi connectivity index (χ4v) is 2.45. The third-order valence-electron chi connectivity index (χ3n) is 3.43. The van der Waals surface area contributed by atoms with Crippen molar-refractivity contribution < 1.29 is 9.18 Å². The highest BCUT2D eigenvalue weighted by atomic mass is 35.5. The van der Waals surface area contributed by atoms with Crippen LogP contribution in [0.25, 0.3) is 5.69 Å². The number of anilines is 1. The van der Waals surface area contributed by atoms with Crippen molar-refractivity contribution in [1.29, 1.82) is 5.26 Å². The van der Waals surface area contributed by atoms with Gasteiger partial charge >= 0.3 is 5.69 Å². The fourth-order valence-electron chi connectivity index (χ4n) is 2.27. The van der Waals surface area contributed by atoms with Crippen molar-refractivity contribution in [3.63, 3.8) is 0 Å². The number of aromatic nitrogens is 4. The molecule has 11 heteroatoms. The summed E-state index contributed by atoms with van der Waals surface area (Å²) in [5.74, 6) is -1.74. The van der Waals surface area contributed by atoms with E-state index < -0.39 is 29.5 Å². The van der Waals surface area contributed by atoms with Crippen LogP contribution in [-0.4, -0.2) is 25.2 Å². The van der Waals surface area contributed by atoms with Crippen LogP contribution in [0, 0.1) is 17.1 Å². The summed E-state index contributed by atoms with van der Waals surface area (Å²) in [4.78, 5) is 36.7. The Morgan fingerprint density at radius 2 is 2.15 bits per heavy atom. The molecule has 0 unspecified atom stereocenters. The second-order valence-electron chi connectivity index (χ2n) is 5.33. The minimum Gasteiger partial charge on any atom is -0.309 e. The Bertz CT molecular complexity index is 1190. The van der Waals surface area contributed by atoms with Gasteiger partial charge in [-0.3, -0.25) is 19.1 Å². The first-order chi connectivity index (χ1) is 12.9. The van der Waals surface area contributed by atoms with Crippen LogP contribution in [0.5, 0.6) is 0 Å². The van der Waals surface area contributed by atoms with Crippen LogP contribution in [0.3, 0.4) is 0 Å². The van der Waals surface area contributed by atoms with Gasteiger partial charge in [0.1, 0.15) is 18.4 Å². The summed E-state index contributed by atoms with van der Waals surface area (Å²) < 4.78 is 15.3. The zero-order chi connectivity index (χ0) is 19.6. The summed E-state index contributed by atoms with van der Waals surface area (Å²) in [6.07, 6.45) is 0.635. The van der Waals surface area contributed by atoms with Crippen LogP contribution < -0.4 is 16.6 Å². The van der Waals surface area contributed by atoms with E-state index in [1.54, 1.807) is 29.2 Å². The predicted octanol–water partition coefficient (Wildman–Crippen LogP) is 1.03. The molecule has 9 nitrogen and oxygen atoms in total. The van der Waals surface area contributed by atoms with E-state index in [1.807, 2.05) is 6.07 Å². The fraction of sp³-hybridized carbons (Fsp3) is 0.0625. The first-order valence-electron chi connectivity index (χ1n) is 7.42. The molecule has 3 aromatic rings. The highest BCUT2D eigenvalue weighted by Gasteiger charge is 2.14. The van der Waals surface area contributed by atoms with Crippen molar-refractivity contribution >= 4 is 23.3 Å². The van der Waals surface area contributed by atoms with Crippen LogP contribution in [0.2, 0.25) is 5.02 Å². The van der Waals surface area contributed by atoms with Crippen molar-refractivity contribution in [1.82, 2.24) is 19.3 Å². The Morgan fingerprint density at radius 3 is 2.85 bits per heavy atom. The molecule has 0 bridgehead atoms. The summed E-state index contributed by atoms with van der Waals surface area (Å²) in [6, 6.07) is 9.74. The molecular weight excluding hydrogens is 379 g/mol. The molecule has 0 saturated carbocycles. The first kappa shape index (κ1) is 18.1. The van der Waals surface area contributed by atoms with Crippen LogP contribution in [-0.2, 0) is 11.3 Å². The Hall–Kier alpha value is -3.71. The smallest absolute Gasteiger partial charge is 0.309 e. The number of carbonyl (C=O) groups excluding carboxylic acids is 1. The first-order valence-corrected chi connectivity index (χ1v) is 7.80. The number of amides is 1. The Kier molecular flexibility index (Phi) is 4.87. The number of aromatic amines is 1. The maximum absolute atomic E-state index is 13.3.